The first-order chi connectivity index (χ1) is 9.99. The summed E-state index contributed by atoms with van der Waals surface area (Å²) in [6, 6.07) is 8.52. The second-order valence-electron chi connectivity index (χ2n) is 6.06. The Morgan fingerprint density at radius 2 is 1.95 bits per heavy atom. The van der Waals surface area contributed by atoms with Crippen molar-refractivity contribution in [2.45, 2.75) is 44.9 Å². The lowest BCUT2D eigenvalue weighted by Crippen LogP contribution is -2.26. The normalized spacial score (nSPS) is 20.3. The molecule has 2 rings (SSSR count). The molecule has 0 bridgehead atoms. The van der Waals surface area contributed by atoms with Crippen LogP contribution in [0.25, 0.3) is 0 Å². The van der Waals surface area contributed by atoms with Crippen molar-refractivity contribution in [2.24, 2.45) is 5.92 Å². The molecular weight excluding hydrogens is 266 g/mol. The first kappa shape index (κ1) is 15.5. The molecular formula is C17H23NO3. The third-order valence-corrected chi connectivity index (χ3v) is 4.03. The van der Waals surface area contributed by atoms with Crippen molar-refractivity contribution in [3.63, 3.8) is 0 Å². The molecule has 2 unspecified atom stereocenters. The molecule has 1 aromatic carbocycles. The lowest BCUT2D eigenvalue weighted by atomic mass is 10.00. The fourth-order valence-electron chi connectivity index (χ4n) is 2.56. The molecule has 0 heterocycles. The van der Waals surface area contributed by atoms with Crippen LogP contribution in [0, 0.1) is 5.92 Å². The molecule has 4 nitrogen and oxygen atoms in total. The van der Waals surface area contributed by atoms with Crippen molar-refractivity contribution >= 4 is 11.9 Å². The van der Waals surface area contributed by atoms with Crippen LogP contribution in [0.2, 0.25) is 0 Å². The van der Waals surface area contributed by atoms with Crippen LogP contribution in [0.5, 0.6) is 0 Å². The highest BCUT2D eigenvalue weighted by molar-refractivity contribution is 5.82. The standard InChI is InChI=1S/C17H23NO3/c1-11(2)12-5-7-13(8-6-12)14-10-15(14)17(21)18-9-3-4-16(19)20/h5-8,11,14-15H,3-4,9-10H2,1-2H3,(H,18,21)(H,19,20). The Morgan fingerprint density at radius 3 is 2.52 bits per heavy atom. The summed E-state index contributed by atoms with van der Waals surface area (Å²) in [6.07, 6.45) is 1.48. The minimum atomic E-state index is -0.821. The van der Waals surface area contributed by atoms with Gasteiger partial charge in [0.1, 0.15) is 0 Å². The monoisotopic (exact) mass is 289 g/mol. The van der Waals surface area contributed by atoms with Crippen LogP contribution in [0.15, 0.2) is 24.3 Å². The molecule has 1 saturated carbocycles. The quantitative estimate of drug-likeness (QED) is 0.758. The Balaban J connectivity index is 1.78. The fourth-order valence-corrected chi connectivity index (χ4v) is 2.56. The van der Waals surface area contributed by atoms with E-state index in [2.05, 4.69) is 43.4 Å². The molecule has 1 aliphatic carbocycles. The maximum atomic E-state index is 12.0. The maximum absolute atomic E-state index is 12.0. The second kappa shape index (κ2) is 6.74. The fraction of sp³-hybridized carbons (Fsp3) is 0.529. The summed E-state index contributed by atoms with van der Waals surface area (Å²) in [6.45, 7) is 4.78. The number of carboxylic acid groups (broad SMARTS) is 1. The predicted molar refractivity (Wildman–Crippen MR) is 81.3 cm³/mol. The zero-order valence-corrected chi connectivity index (χ0v) is 12.6. The van der Waals surface area contributed by atoms with Gasteiger partial charge in [-0.2, -0.15) is 0 Å². The predicted octanol–water partition coefficient (Wildman–Crippen LogP) is 2.89. The van der Waals surface area contributed by atoms with Gasteiger partial charge in [-0.15, -0.1) is 0 Å². The molecule has 1 aliphatic rings. The Hall–Kier alpha value is -1.84. The van der Waals surface area contributed by atoms with Gasteiger partial charge < -0.3 is 10.4 Å². The summed E-state index contributed by atoms with van der Waals surface area (Å²) in [7, 11) is 0. The van der Waals surface area contributed by atoms with E-state index in [9.17, 15) is 9.59 Å². The van der Waals surface area contributed by atoms with Gasteiger partial charge in [0.05, 0.1) is 0 Å². The molecule has 0 radical (unpaired) electrons. The first-order valence-electron chi connectivity index (χ1n) is 7.58. The highest BCUT2D eigenvalue weighted by Crippen LogP contribution is 2.47. The average Bonchev–Trinajstić information content (AvgIpc) is 3.23. The molecule has 4 heteroatoms. The Labute approximate surface area is 125 Å². The van der Waals surface area contributed by atoms with Crippen LogP contribution >= 0.6 is 0 Å². The smallest absolute Gasteiger partial charge is 0.303 e. The highest BCUT2D eigenvalue weighted by Gasteiger charge is 2.43. The lowest BCUT2D eigenvalue weighted by Gasteiger charge is -2.07. The molecule has 21 heavy (non-hydrogen) atoms. The van der Waals surface area contributed by atoms with Crippen molar-refractivity contribution in [2.75, 3.05) is 6.54 Å². The highest BCUT2D eigenvalue weighted by atomic mass is 16.4. The lowest BCUT2D eigenvalue weighted by molar-refractivity contribution is -0.137. The summed E-state index contributed by atoms with van der Waals surface area (Å²) >= 11 is 0. The minimum absolute atomic E-state index is 0.0540. The van der Waals surface area contributed by atoms with E-state index in [4.69, 9.17) is 5.11 Å². The van der Waals surface area contributed by atoms with Gasteiger partial charge in [-0.3, -0.25) is 9.59 Å². The Bertz CT molecular complexity index is 507. The van der Waals surface area contributed by atoms with E-state index in [0.717, 1.165) is 6.42 Å². The third kappa shape index (κ3) is 4.31. The number of amides is 1. The van der Waals surface area contributed by atoms with E-state index >= 15 is 0 Å². The van der Waals surface area contributed by atoms with Crippen molar-refractivity contribution in [1.82, 2.24) is 5.32 Å². The van der Waals surface area contributed by atoms with Gasteiger partial charge in [0, 0.05) is 18.9 Å². The molecule has 0 saturated heterocycles. The maximum Gasteiger partial charge on any atom is 0.303 e. The van der Waals surface area contributed by atoms with Crippen molar-refractivity contribution in [1.29, 1.82) is 0 Å². The van der Waals surface area contributed by atoms with Crippen LogP contribution in [0.3, 0.4) is 0 Å². The molecule has 1 amide bonds. The van der Waals surface area contributed by atoms with Gasteiger partial charge in [-0.1, -0.05) is 38.1 Å². The van der Waals surface area contributed by atoms with E-state index < -0.39 is 5.97 Å². The van der Waals surface area contributed by atoms with Gasteiger partial charge in [0.2, 0.25) is 5.91 Å². The largest absolute Gasteiger partial charge is 0.481 e. The van der Waals surface area contributed by atoms with Gasteiger partial charge in [-0.25, -0.2) is 0 Å². The summed E-state index contributed by atoms with van der Waals surface area (Å²) in [5.41, 5.74) is 2.54. The number of rotatable bonds is 7. The van der Waals surface area contributed by atoms with E-state index in [1.807, 2.05) is 0 Å². The molecule has 0 spiro atoms. The zero-order valence-electron chi connectivity index (χ0n) is 12.6. The Kier molecular flexibility index (Phi) is 4.99. The van der Waals surface area contributed by atoms with Crippen LogP contribution < -0.4 is 5.32 Å². The SMILES string of the molecule is CC(C)c1ccc(C2CC2C(=O)NCCCC(=O)O)cc1. The molecule has 1 fully saturated rings. The summed E-state index contributed by atoms with van der Waals surface area (Å²) in [5, 5.41) is 11.4. The molecule has 1 aromatic rings. The van der Waals surface area contributed by atoms with Crippen molar-refractivity contribution < 1.29 is 14.7 Å². The topological polar surface area (TPSA) is 66.4 Å². The number of carboxylic acids is 1. The number of hydrogen-bond acceptors (Lipinski definition) is 2. The number of nitrogens with one attached hydrogen (secondary N) is 1. The molecule has 0 aromatic heterocycles. The van der Waals surface area contributed by atoms with Gasteiger partial charge in [0.25, 0.3) is 0 Å². The third-order valence-electron chi connectivity index (χ3n) is 4.03. The number of hydrogen-bond donors (Lipinski definition) is 2. The summed E-state index contributed by atoms with van der Waals surface area (Å²) < 4.78 is 0. The molecule has 114 valence electrons. The van der Waals surface area contributed by atoms with Crippen molar-refractivity contribution in [3.8, 4) is 0 Å². The van der Waals surface area contributed by atoms with Crippen LogP contribution in [0.4, 0.5) is 0 Å². The first-order valence-corrected chi connectivity index (χ1v) is 7.58. The van der Waals surface area contributed by atoms with E-state index in [-0.39, 0.29) is 18.2 Å². The van der Waals surface area contributed by atoms with E-state index in [0.29, 0.717) is 24.8 Å². The average molecular weight is 289 g/mol. The summed E-state index contributed by atoms with van der Waals surface area (Å²) in [5.74, 6) is 0.133. The second-order valence-corrected chi connectivity index (χ2v) is 6.06. The van der Waals surface area contributed by atoms with Crippen LogP contribution in [-0.2, 0) is 9.59 Å². The van der Waals surface area contributed by atoms with E-state index in [1.54, 1.807) is 0 Å². The minimum Gasteiger partial charge on any atom is -0.481 e. The van der Waals surface area contributed by atoms with Gasteiger partial charge in [0.15, 0.2) is 0 Å². The van der Waals surface area contributed by atoms with Gasteiger partial charge in [-0.05, 0) is 35.8 Å². The van der Waals surface area contributed by atoms with E-state index in [1.165, 1.54) is 11.1 Å². The molecule has 2 N–H and O–H groups in total. The molecule has 2 atom stereocenters. The number of carbonyl (C=O) groups is 2. The number of aliphatic carboxylic acids is 1. The number of carbonyl (C=O) groups excluding carboxylic acids is 1. The van der Waals surface area contributed by atoms with Crippen LogP contribution in [0.1, 0.15) is 56.1 Å². The molecule has 0 aliphatic heterocycles. The summed E-state index contributed by atoms with van der Waals surface area (Å²) in [4.78, 5) is 22.3. The number of benzene rings is 1. The zero-order chi connectivity index (χ0) is 15.4. The van der Waals surface area contributed by atoms with Crippen molar-refractivity contribution in [3.05, 3.63) is 35.4 Å². The Morgan fingerprint density at radius 1 is 1.29 bits per heavy atom. The van der Waals surface area contributed by atoms with Crippen LogP contribution in [-0.4, -0.2) is 23.5 Å². The van der Waals surface area contributed by atoms with Gasteiger partial charge >= 0.3 is 5.97 Å².